The third kappa shape index (κ3) is 6.22. The van der Waals surface area contributed by atoms with E-state index in [4.69, 9.17) is 0 Å². The molecule has 0 aromatic heterocycles. The molecular weight excluding hydrogens is 232 g/mol. The Balaban J connectivity index is 2.37. The van der Waals surface area contributed by atoms with Crippen LogP contribution in [0.3, 0.4) is 0 Å². The molecule has 0 aliphatic heterocycles. The maximum atomic E-state index is 3.69. The first-order chi connectivity index (χ1) is 9.31. The highest BCUT2D eigenvalue weighted by Gasteiger charge is 2.08. The molecule has 0 spiro atoms. The van der Waals surface area contributed by atoms with Crippen LogP contribution < -0.4 is 5.32 Å². The Morgan fingerprint density at radius 2 is 1.58 bits per heavy atom. The van der Waals surface area contributed by atoms with E-state index in [2.05, 4.69) is 61.3 Å². The van der Waals surface area contributed by atoms with E-state index in [1.165, 1.54) is 31.5 Å². The van der Waals surface area contributed by atoms with Gasteiger partial charge in [0.15, 0.2) is 0 Å². The molecule has 0 saturated heterocycles. The average molecular weight is 262 g/mol. The van der Waals surface area contributed by atoms with Crippen molar-refractivity contribution in [2.24, 2.45) is 0 Å². The summed E-state index contributed by atoms with van der Waals surface area (Å²) < 4.78 is 0. The van der Waals surface area contributed by atoms with Gasteiger partial charge < -0.3 is 10.2 Å². The maximum absolute atomic E-state index is 3.69. The van der Waals surface area contributed by atoms with Crippen molar-refractivity contribution >= 4 is 0 Å². The lowest BCUT2D eigenvalue weighted by Crippen LogP contribution is -2.34. The van der Waals surface area contributed by atoms with Gasteiger partial charge in [0, 0.05) is 19.1 Å². The fourth-order valence-electron chi connectivity index (χ4n) is 2.55. The number of nitrogens with one attached hydrogen (secondary N) is 1. The van der Waals surface area contributed by atoms with Gasteiger partial charge in [-0.15, -0.1) is 0 Å². The molecule has 1 rings (SSSR count). The normalized spacial score (nSPS) is 12.8. The minimum Gasteiger partial charge on any atom is -0.309 e. The van der Waals surface area contributed by atoms with Crippen molar-refractivity contribution in [1.29, 1.82) is 0 Å². The molecular formula is C17H30N2. The van der Waals surface area contributed by atoms with E-state index in [1.54, 1.807) is 0 Å². The zero-order valence-corrected chi connectivity index (χ0v) is 12.9. The molecule has 0 saturated carbocycles. The zero-order valence-electron chi connectivity index (χ0n) is 12.9. The van der Waals surface area contributed by atoms with Crippen LogP contribution in [0.15, 0.2) is 30.3 Å². The summed E-state index contributed by atoms with van der Waals surface area (Å²) in [5, 5.41) is 3.69. The molecule has 1 aromatic carbocycles. The van der Waals surface area contributed by atoms with Gasteiger partial charge in [0.2, 0.25) is 0 Å². The van der Waals surface area contributed by atoms with Crippen LogP contribution >= 0.6 is 0 Å². The fourth-order valence-corrected chi connectivity index (χ4v) is 2.55. The van der Waals surface area contributed by atoms with E-state index in [0.717, 1.165) is 19.5 Å². The Hall–Kier alpha value is -0.860. The molecule has 0 bridgehead atoms. The van der Waals surface area contributed by atoms with Gasteiger partial charge in [0.1, 0.15) is 0 Å². The maximum Gasteiger partial charge on any atom is 0.0318 e. The molecule has 19 heavy (non-hydrogen) atoms. The second kappa shape index (κ2) is 9.99. The van der Waals surface area contributed by atoms with Crippen LogP contribution in [-0.2, 0) is 0 Å². The highest BCUT2D eigenvalue weighted by Crippen LogP contribution is 2.15. The second-order valence-corrected chi connectivity index (χ2v) is 5.17. The smallest absolute Gasteiger partial charge is 0.0318 e. The van der Waals surface area contributed by atoms with Crippen LogP contribution in [0, 0.1) is 0 Å². The van der Waals surface area contributed by atoms with Crippen LogP contribution in [0.2, 0.25) is 0 Å². The van der Waals surface area contributed by atoms with Gasteiger partial charge in [-0.2, -0.15) is 0 Å². The minimum atomic E-state index is 0.492. The Morgan fingerprint density at radius 1 is 0.947 bits per heavy atom. The lowest BCUT2D eigenvalue weighted by molar-refractivity contribution is 0.269. The molecule has 1 aromatic rings. The number of rotatable bonds is 10. The molecule has 0 radical (unpaired) electrons. The number of hydrogen-bond acceptors (Lipinski definition) is 2. The molecule has 1 N–H and O–H groups in total. The molecule has 2 nitrogen and oxygen atoms in total. The highest BCUT2D eigenvalue weighted by atomic mass is 15.1. The second-order valence-electron chi connectivity index (χ2n) is 5.17. The summed E-state index contributed by atoms with van der Waals surface area (Å²) >= 11 is 0. The van der Waals surface area contributed by atoms with Crippen molar-refractivity contribution in [3.8, 4) is 0 Å². The lowest BCUT2D eigenvalue weighted by Gasteiger charge is -2.23. The van der Waals surface area contributed by atoms with Crippen LogP contribution in [0.1, 0.15) is 51.6 Å². The lowest BCUT2D eigenvalue weighted by atomic mass is 10.0. The standard InChI is InChI=1S/C17H30N2/c1-4-13-19(14-5-2)15-12-18-17(6-3)16-10-8-7-9-11-16/h7-11,17-18H,4-6,12-15H2,1-3H3. The van der Waals surface area contributed by atoms with Gasteiger partial charge in [0.25, 0.3) is 0 Å². The van der Waals surface area contributed by atoms with Crippen molar-refractivity contribution in [3.05, 3.63) is 35.9 Å². The molecule has 0 aliphatic carbocycles. The quantitative estimate of drug-likeness (QED) is 0.689. The Bertz CT molecular complexity index is 304. The zero-order chi connectivity index (χ0) is 13.9. The summed E-state index contributed by atoms with van der Waals surface area (Å²) in [4.78, 5) is 2.56. The van der Waals surface area contributed by atoms with Gasteiger partial charge >= 0.3 is 0 Å². The Morgan fingerprint density at radius 3 is 2.11 bits per heavy atom. The van der Waals surface area contributed by atoms with Crippen LogP contribution in [0.4, 0.5) is 0 Å². The Kier molecular flexibility index (Phi) is 8.52. The van der Waals surface area contributed by atoms with Crippen LogP contribution in [0.25, 0.3) is 0 Å². The molecule has 0 amide bonds. The largest absolute Gasteiger partial charge is 0.309 e. The molecule has 0 heterocycles. The first kappa shape index (κ1) is 16.2. The molecule has 0 aliphatic rings. The van der Waals surface area contributed by atoms with Gasteiger partial charge in [-0.3, -0.25) is 0 Å². The fraction of sp³-hybridized carbons (Fsp3) is 0.647. The van der Waals surface area contributed by atoms with E-state index in [1.807, 2.05) is 0 Å². The van der Waals surface area contributed by atoms with Crippen molar-refractivity contribution in [1.82, 2.24) is 10.2 Å². The predicted molar refractivity (Wildman–Crippen MR) is 84.5 cm³/mol. The van der Waals surface area contributed by atoms with Crippen molar-refractivity contribution in [3.63, 3.8) is 0 Å². The summed E-state index contributed by atoms with van der Waals surface area (Å²) in [5.74, 6) is 0. The SMILES string of the molecule is CCCN(CCC)CCNC(CC)c1ccccc1. The van der Waals surface area contributed by atoms with Crippen LogP contribution in [0.5, 0.6) is 0 Å². The number of benzene rings is 1. The van der Waals surface area contributed by atoms with E-state index in [0.29, 0.717) is 6.04 Å². The number of hydrogen-bond donors (Lipinski definition) is 1. The average Bonchev–Trinajstić information content (AvgIpc) is 2.45. The van der Waals surface area contributed by atoms with Crippen molar-refractivity contribution in [2.75, 3.05) is 26.2 Å². The summed E-state index contributed by atoms with van der Waals surface area (Å²) in [5.41, 5.74) is 1.41. The molecule has 108 valence electrons. The first-order valence-electron chi connectivity index (χ1n) is 7.82. The first-order valence-corrected chi connectivity index (χ1v) is 7.82. The third-order valence-electron chi connectivity index (χ3n) is 3.51. The third-order valence-corrected chi connectivity index (χ3v) is 3.51. The topological polar surface area (TPSA) is 15.3 Å². The van der Waals surface area contributed by atoms with Gasteiger partial charge in [-0.1, -0.05) is 51.1 Å². The number of nitrogens with zero attached hydrogens (tertiary/aromatic N) is 1. The van der Waals surface area contributed by atoms with Crippen LogP contribution in [-0.4, -0.2) is 31.1 Å². The molecule has 1 atom stereocenters. The van der Waals surface area contributed by atoms with E-state index < -0.39 is 0 Å². The predicted octanol–water partition coefficient (Wildman–Crippen LogP) is 3.85. The summed E-state index contributed by atoms with van der Waals surface area (Å²) in [6.45, 7) is 11.4. The van der Waals surface area contributed by atoms with E-state index in [-0.39, 0.29) is 0 Å². The Labute approximate surface area is 119 Å². The monoisotopic (exact) mass is 262 g/mol. The summed E-state index contributed by atoms with van der Waals surface area (Å²) in [6.07, 6.45) is 3.64. The molecule has 1 unspecified atom stereocenters. The van der Waals surface area contributed by atoms with Crippen molar-refractivity contribution < 1.29 is 0 Å². The van der Waals surface area contributed by atoms with E-state index >= 15 is 0 Å². The highest BCUT2D eigenvalue weighted by molar-refractivity contribution is 5.18. The van der Waals surface area contributed by atoms with Gasteiger partial charge in [-0.25, -0.2) is 0 Å². The minimum absolute atomic E-state index is 0.492. The molecule has 0 fully saturated rings. The summed E-state index contributed by atoms with van der Waals surface area (Å²) in [7, 11) is 0. The summed E-state index contributed by atoms with van der Waals surface area (Å²) in [6, 6.07) is 11.3. The van der Waals surface area contributed by atoms with E-state index in [9.17, 15) is 0 Å². The van der Waals surface area contributed by atoms with Gasteiger partial charge in [0.05, 0.1) is 0 Å². The van der Waals surface area contributed by atoms with Crippen molar-refractivity contribution in [2.45, 2.75) is 46.1 Å². The van der Waals surface area contributed by atoms with Gasteiger partial charge in [-0.05, 0) is 37.9 Å². The molecule has 2 heteroatoms.